The Morgan fingerprint density at radius 2 is 2.00 bits per heavy atom. The summed E-state index contributed by atoms with van der Waals surface area (Å²) in [5.74, 6) is -0.533. The second-order valence-electron chi connectivity index (χ2n) is 6.87. The van der Waals surface area contributed by atoms with E-state index in [-0.39, 0.29) is 24.1 Å². The normalized spacial score (nSPS) is 23.7. The highest BCUT2D eigenvalue weighted by molar-refractivity contribution is 5.85. The number of nitrogens with one attached hydrogen (secondary N) is 1. The van der Waals surface area contributed by atoms with Crippen LogP contribution in [0.4, 0.5) is 5.69 Å². The van der Waals surface area contributed by atoms with Crippen molar-refractivity contribution in [1.29, 1.82) is 0 Å². The van der Waals surface area contributed by atoms with Crippen molar-refractivity contribution in [2.45, 2.75) is 31.9 Å². The smallest absolute Gasteiger partial charge is 0.0715 e. The van der Waals surface area contributed by atoms with E-state index in [4.69, 9.17) is 0 Å². The van der Waals surface area contributed by atoms with E-state index in [9.17, 15) is 15.0 Å². The molecule has 25 heavy (non-hydrogen) atoms. The molecule has 2 aliphatic rings. The van der Waals surface area contributed by atoms with Crippen LogP contribution in [0.2, 0.25) is 0 Å². The molecule has 2 aromatic rings. The fourth-order valence-electron chi connectivity index (χ4n) is 4.23. The molecule has 1 heterocycles. The van der Waals surface area contributed by atoms with Gasteiger partial charge >= 0.3 is 0 Å². The molecule has 1 aliphatic carbocycles. The molecule has 0 aromatic heterocycles. The summed E-state index contributed by atoms with van der Waals surface area (Å²) < 4.78 is 0. The minimum Gasteiger partial charge on any atom is -0.545 e. The highest BCUT2D eigenvalue weighted by Crippen LogP contribution is 2.51. The fraction of sp³-hybridized carbons (Fsp3) is 0.286. The van der Waals surface area contributed by atoms with Gasteiger partial charge in [0.2, 0.25) is 0 Å². The van der Waals surface area contributed by atoms with Gasteiger partial charge in [-0.05, 0) is 47.1 Å². The van der Waals surface area contributed by atoms with Crippen molar-refractivity contribution in [1.82, 2.24) is 0 Å². The third-order valence-electron chi connectivity index (χ3n) is 5.49. The van der Waals surface area contributed by atoms with Gasteiger partial charge in [0.05, 0.1) is 18.6 Å². The van der Waals surface area contributed by atoms with E-state index in [0.29, 0.717) is 5.92 Å². The van der Waals surface area contributed by atoms with E-state index in [1.165, 1.54) is 5.56 Å². The van der Waals surface area contributed by atoms with Crippen LogP contribution in [0.3, 0.4) is 0 Å². The largest absolute Gasteiger partial charge is 0.545 e. The Balaban J connectivity index is 1.78. The lowest BCUT2D eigenvalue weighted by Crippen LogP contribution is -2.30. The number of aryl methyl sites for hydroxylation is 1. The Morgan fingerprint density at radius 3 is 2.68 bits per heavy atom. The van der Waals surface area contributed by atoms with E-state index in [2.05, 4.69) is 24.4 Å². The van der Waals surface area contributed by atoms with Gasteiger partial charge in [-0.2, -0.15) is 0 Å². The van der Waals surface area contributed by atoms with Crippen molar-refractivity contribution in [3.8, 4) is 0 Å². The van der Waals surface area contributed by atoms with Crippen molar-refractivity contribution in [3.63, 3.8) is 0 Å². The van der Waals surface area contributed by atoms with Gasteiger partial charge in [-0.25, -0.2) is 0 Å². The molecule has 4 rings (SSSR count). The summed E-state index contributed by atoms with van der Waals surface area (Å²) in [4.78, 5) is 11.0. The van der Waals surface area contributed by atoms with E-state index in [1.54, 1.807) is 12.1 Å². The summed E-state index contributed by atoms with van der Waals surface area (Å²) in [6.07, 6.45) is 5.41. The van der Waals surface area contributed by atoms with E-state index >= 15 is 0 Å². The molecule has 4 nitrogen and oxygen atoms in total. The Kier molecular flexibility index (Phi) is 3.85. The predicted molar refractivity (Wildman–Crippen MR) is 94.2 cm³/mol. The lowest BCUT2D eigenvalue weighted by Gasteiger charge is -2.39. The van der Waals surface area contributed by atoms with E-state index in [1.807, 2.05) is 24.3 Å². The van der Waals surface area contributed by atoms with Crippen LogP contribution in [0.5, 0.6) is 0 Å². The molecule has 2 N–H and O–H groups in total. The first-order valence-corrected chi connectivity index (χ1v) is 8.58. The maximum Gasteiger partial charge on any atom is 0.0715 e. The molecular formula is C21H20NO3-. The predicted octanol–water partition coefficient (Wildman–Crippen LogP) is 2.68. The van der Waals surface area contributed by atoms with Gasteiger partial charge in [0.1, 0.15) is 0 Å². The van der Waals surface area contributed by atoms with Gasteiger partial charge in [0, 0.05) is 11.6 Å². The van der Waals surface area contributed by atoms with Gasteiger partial charge in [-0.1, -0.05) is 48.6 Å². The number of fused-ring (bicyclic) bond motifs is 3. The number of rotatable bonds is 3. The number of aliphatic hydroxyl groups excluding tert-OH is 1. The van der Waals surface area contributed by atoms with Crippen molar-refractivity contribution >= 4 is 11.7 Å². The molecule has 0 amide bonds. The molecule has 1 aliphatic heterocycles. The van der Waals surface area contributed by atoms with Gasteiger partial charge in [-0.15, -0.1) is 0 Å². The van der Waals surface area contributed by atoms with E-state index in [0.717, 1.165) is 28.8 Å². The zero-order valence-corrected chi connectivity index (χ0v) is 14.0. The number of carbonyl (C=O) groups excluding carboxylic acids is 1. The Morgan fingerprint density at radius 1 is 1.24 bits per heavy atom. The number of aromatic carboxylic acids is 1. The number of anilines is 1. The third kappa shape index (κ3) is 2.53. The number of hydrogen-bond donors (Lipinski definition) is 2. The second-order valence-corrected chi connectivity index (χ2v) is 6.87. The number of hydrogen-bond acceptors (Lipinski definition) is 4. The summed E-state index contributed by atoms with van der Waals surface area (Å²) in [5, 5.41) is 24.4. The lowest BCUT2D eigenvalue weighted by atomic mass is 9.75. The minimum absolute atomic E-state index is 0.0341. The van der Waals surface area contributed by atoms with Gasteiger partial charge in [0.15, 0.2) is 0 Å². The average Bonchev–Trinajstić information content (AvgIpc) is 3.11. The maximum atomic E-state index is 11.0. The van der Waals surface area contributed by atoms with Gasteiger partial charge in [0.25, 0.3) is 0 Å². The molecule has 128 valence electrons. The Bertz CT molecular complexity index is 854. The summed E-state index contributed by atoms with van der Waals surface area (Å²) in [7, 11) is 0. The quantitative estimate of drug-likeness (QED) is 0.847. The number of benzene rings is 2. The SMILES string of the molecule is Cc1ccc(CO)c2c1N[C@@H](c1ccc(C(=O)[O-])cc1)[C@@H]1CC=C[C@H]21. The van der Waals surface area contributed by atoms with Crippen LogP contribution in [0, 0.1) is 12.8 Å². The standard InChI is InChI=1S/C21H21NO3/c1-12-5-6-15(11-23)18-16-3-2-4-17(16)20(22-19(12)18)13-7-9-14(10-8-13)21(24)25/h2-3,5-10,16-17,20,22-23H,4,11H2,1H3,(H,24,25)/p-1/t16-,17+,20-/m0/s1. The highest BCUT2D eigenvalue weighted by atomic mass is 16.4. The van der Waals surface area contributed by atoms with Crippen LogP contribution in [0.25, 0.3) is 0 Å². The molecule has 4 heteroatoms. The molecule has 0 saturated heterocycles. The van der Waals surface area contributed by atoms with Gasteiger partial charge < -0.3 is 20.3 Å². The molecule has 0 bridgehead atoms. The highest BCUT2D eigenvalue weighted by Gasteiger charge is 2.39. The van der Waals surface area contributed by atoms with Crippen LogP contribution >= 0.6 is 0 Å². The minimum atomic E-state index is -1.16. The van der Waals surface area contributed by atoms with Crippen molar-refractivity contribution in [2.24, 2.45) is 5.92 Å². The zero-order chi connectivity index (χ0) is 17.6. The maximum absolute atomic E-state index is 11.0. The fourth-order valence-corrected chi connectivity index (χ4v) is 4.23. The summed E-state index contributed by atoms with van der Waals surface area (Å²) in [5.41, 5.74) is 5.68. The first-order chi connectivity index (χ1) is 12.1. The van der Waals surface area contributed by atoms with Crippen molar-refractivity contribution < 1.29 is 15.0 Å². The third-order valence-corrected chi connectivity index (χ3v) is 5.49. The van der Waals surface area contributed by atoms with Crippen LogP contribution in [0.15, 0.2) is 48.6 Å². The Labute approximate surface area is 146 Å². The molecule has 0 fully saturated rings. The summed E-state index contributed by atoms with van der Waals surface area (Å²) in [6, 6.07) is 11.1. The molecule has 3 atom stereocenters. The van der Waals surface area contributed by atoms with E-state index < -0.39 is 5.97 Å². The van der Waals surface area contributed by atoms with Crippen LogP contribution in [0.1, 0.15) is 51.0 Å². The lowest BCUT2D eigenvalue weighted by molar-refractivity contribution is -0.255. The molecule has 0 radical (unpaired) electrons. The average molecular weight is 334 g/mol. The molecular weight excluding hydrogens is 314 g/mol. The Hall–Kier alpha value is -2.59. The van der Waals surface area contributed by atoms with Crippen LogP contribution in [-0.2, 0) is 6.61 Å². The summed E-state index contributed by atoms with van der Waals surface area (Å²) in [6.45, 7) is 2.11. The second kappa shape index (κ2) is 6.05. The summed E-state index contributed by atoms with van der Waals surface area (Å²) >= 11 is 0. The molecule has 2 aromatic carbocycles. The number of carboxylic acid groups (broad SMARTS) is 1. The van der Waals surface area contributed by atoms with Crippen molar-refractivity contribution in [2.75, 3.05) is 5.32 Å². The van der Waals surface area contributed by atoms with Crippen LogP contribution in [-0.4, -0.2) is 11.1 Å². The molecule has 0 unspecified atom stereocenters. The first-order valence-electron chi connectivity index (χ1n) is 8.58. The van der Waals surface area contributed by atoms with Crippen molar-refractivity contribution in [3.05, 3.63) is 76.4 Å². The number of allylic oxidation sites excluding steroid dienone is 2. The number of carbonyl (C=O) groups is 1. The molecule has 0 spiro atoms. The topological polar surface area (TPSA) is 72.4 Å². The molecule has 0 saturated carbocycles. The zero-order valence-electron chi connectivity index (χ0n) is 14.0. The number of aliphatic hydroxyl groups is 1. The van der Waals surface area contributed by atoms with Gasteiger partial charge in [-0.3, -0.25) is 0 Å². The monoisotopic (exact) mass is 334 g/mol. The number of carboxylic acids is 1. The van der Waals surface area contributed by atoms with Crippen LogP contribution < -0.4 is 10.4 Å². The first kappa shape index (κ1) is 15.9.